The lowest BCUT2D eigenvalue weighted by molar-refractivity contribution is -0.157. The van der Waals surface area contributed by atoms with E-state index < -0.39 is 11.0 Å². The van der Waals surface area contributed by atoms with Crippen molar-refractivity contribution in [2.24, 2.45) is 23.2 Å². The highest BCUT2D eigenvalue weighted by molar-refractivity contribution is 6.30. The first-order valence-corrected chi connectivity index (χ1v) is 12.0. The molecule has 2 aliphatic rings. The second-order valence-corrected chi connectivity index (χ2v) is 10.8. The molecule has 1 aromatic rings. The van der Waals surface area contributed by atoms with Crippen molar-refractivity contribution in [3.05, 3.63) is 34.9 Å². The molecule has 2 amide bonds. The number of rotatable bonds is 6. The number of nitrogens with zero attached hydrogens (tertiary/aromatic N) is 1. The number of halogens is 1. The normalized spacial score (nSPS) is 24.9. The molecule has 1 heterocycles. The van der Waals surface area contributed by atoms with Crippen molar-refractivity contribution in [3.8, 4) is 0 Å². The van der Waals surface area contributed by atoms with Crippen LogP contribution in [0.15, 0.2) is 24.3 Å². The quantitative estimate of drug-likeness (QED) is 0.679. The van der Waals surface area contributed by atoms with Gasteiger partial charge in [0.1, 0.15) is 0 Å². The molecule has 1 saturated heterocycles. The number of hydrogen-bond donors (Lipinski definition) is 2. The zero-order valence-corrected chi connectivity index (χ0v) is 20.0. The molecule has 31 heavy (non-hydrogen) atoms. The van der Waals surface area contributed by atoms with E-state index in [0.717, 1.165) is 31.2 Å². The lowest BCUT2D eigenvalue weighted by atomic mass is 9.66. The van der Waals surface area contributed by atoms with Gasteiger partial charge in [-0.1, -0.05) is 64.3 Å². The molecular formula is C25H37ClN2O3. The summed E-state index contributed by atoms with van der Waals surface area (Å²) < 4.78 is 0. The highest BCUT2D eigenvalue weighted by Crippen LogP contribution is 2.46. The minimum absolute atomic E-state index is 0.0629. The van der Waals surface area contributed by atoms with Gasteiger partial charge in [0.2, 0.25) is 11.8 Å². The summed E-state index contributed by atoms with van der Waals surface area (Å²) in [6.45, 7) is 9.41. The average molecular weight is 449 g/mol. The molecule has 0 radical (unpaired) electrons. The van der Waals surface area contributed by atoms with Crippen LogP contribution < -0.4 is 5.32 Å². The van der Waals surface area contributed by atoms with Crippen LogP contribution in [0, 0.1) is 23.2 Å². The number of piperidine rings is 1. The molecule has 5 nitrogen and oxygen atoms in total. The SMILES string of the molecule is CC(C)[C@@H](CNC(=O)C1CCCC1)C(=O)N1CC[C@](O)(c2ccc(Cl)cc2)C(C)(C)C1. The Morgan fingerprint density at radius 2 is 1.81 bits per heavy atom. The van der Waals surface area contributed by atoms with E-state index >= 15 is 0 Å². The Labute approximate surface area is 191 Å². The van der Waals surface area contributed by atoms with Gasteiger partial charge in [-0.05, 0) is 42.9 Å². The summed E-state index contributed by atoms with van der Waals surface area (Å²) >= 11 is 6.03. The number of carbonyl (C=O) groups is 2. The van der Waals surface area contributed by atoms with Crippen LogP contribution in [0.2, 0.25) is 5.02 Å². The van der Waals surface area contributed by atoms with Gasteiger partial charge in [0.15, 0.2) is 0 Å². The van der Waals surface area contributed by atoms with Gasteiger partial charge >= 0.3 is 0 Å². The fraction of sp³-hybridized carbons (Fsp3) is 0.680. The summed E-state index contributed by atoms with van der Waals surface area (Å²) in [5.74, 6) is 0.116. The number of likely N-dealkylation sites (tertiary alicyclic amines) is 1. The van der Waals surface area contributed by atoms with E-state index in [0.29, 0.717) is 31.1 Å². The van der Waals surface area contributed by atoms with E-state index in [1.165, 1.54) is 0 Å². The number of nitrogens with one attached hydrogen (secondary N) is 1. The van der Waals surface area contributed by atoms with Crippen LogP contribution in [0.4, 0.5) is 0 Å². The molecule has 6 heteroatoms. The Hall–Kier alpha value is -1.59. The number of hydrogen-bond acceptors (Lipinski definition) is 3. The molecule has 0 unspecified atom stereocenters. The van der Waals surface area contributed by atoms with E-state index in [2.05, 4.69) is 5.32 Å². The van der Waals surface area contributed by atoms with Crippen LogP contribution in [0.3, 0.4) is 0 Å². The minimum atomic E-state index is -1.03. The van der Waals surface area contributed by atoms with Gasteiger partial charge < -0.3 is 15.3 Å². The van der Waals surface area contributed by atoms with Crippen molar-refractivity contribution < 1.29 is 14.7 Å². The van der Waals surface area contributed by atoms with Crippen molar-refractivity contribution >= 4 is 23.4 Å². The van der Waals surface area contributed by atoms with Gasteiger partial charge in [0.25, 0.3) is 0 Å². The van der Waals surface area contributed by atoms with Crippen LogP contribution in [0.1, 0.15) is 65.4 Å². The van der Waals surface area contributed by atoms with Crippen molar-refractivity contribution in [1.29, 1.82) is 0 Å². The summed E-state index contributed by atoms with van der Waals surface area (Å²) in [6, 6.07) is 7.34. The van der Waals surface area contributed by atoms with Crippen LogP contribution in [-0.2, 0) is 15.2 Å². The lowest BCUT2D eigenvalue weighted by Crippen LogP contribution is -2.58. The van der Waals surface area contributed by atoms with Crippen molar-refractivity contribution in [3.63, 3.8) is 0 Å². The summed E-state index contributed by atoms with van der Waals surface area (Å²) in [5, 5.41) is 15.3. The molecule has 1 aliphatic heterocycles. The Kier molecular flexibility index (Phi) is 7.37. The standard InChI is InChI=1S/C25H37ClN2O3/c1-17(2)21(15-27-22(29)18-7-5-6-8-18)23(30)28-14-13-25(31,24(3,4)16-28)19-9-11-20(26)12-10-19/h9-12,17-18,21,31H,5-8,13-16H2,1-4H3,(H,27,29)/t21-,25+/m1/s1. The summed E-state index contributed by atoms with van der Waals surface area (Å²) in [6.07, 6.45) is 4.60. The van der Waals surface area contributed by atoms with Gasteiger partial charge in [-0.25, -0.2) is 0 Å². The van der Waals surface area contributed by atoms with Crippen LogP contribution >= 0.6 is 11.6 Å². The Morgan fingerprint density at radius 3 is 2.35 bits per heavy atom. The van der Waals surface area contributed by atoms with E-state index in [1.807, 2.05) is 44.7 Å². The van der Waals surface area contributed by atoms with Gasteiger partial charge in [0, 0.05) is 36.0 Å². The minimum Gasteiger partial charge on any atom is -0.384 e. The molecule has 2 fully saturated rings. The summed E-state index contributed by atoms with van der Waals surface area (Å²) in [4.78, 5) is 27.8. The molecule has 0 bridgehead atoms. The zero-order chi connectivity index (χ0) is 22.8. The number of carbonyl (C=O) groups excluding carboxylic acids is 2. The molecule has 2 atom stereocenters. The highest BCUT2D eigenvalue weighted by Gasteiger charge is 2.50. The second-order valence-electron chi connectivity index (χ2n) is 10.3. The van der Waals surface area contributed by atoms with Gasteiger partial charge in [-0.15, -0.1) is 0 Å². The smallest absolute Gasteiger partial charge is 0.227 e. The molecule has 0 aromatic heterocycles. The Bertz CT molecular complexity index is 786. The average Bonchev–Trinajstić information content (AvgIpc) is 3.25. The molecule has 2 N–H and O–H groups in total. The molecule has 3 rings (SSSR count). The Morgan fingerprint density at radius 1 is 1.19 bits per heavy atom. The first kappa shape index (κ1) is 24.1. The fourth-order valence-corrected chi connectivity index (χ4v) is 5.28. The summed E-state index contributed by atoms with van der Waals surface area (Å²) in [7, 11) is 0. The number of amides is 2. The van der Waals surface area contributed by atoms with E-state index in [-0.39, 0.29) is 29.6 Å². The second kappa shape index (κ2) is 9.50. The number of benzene rings is 1. The van der Waals surface area contributed by atoms with Crippen LogP contribution in [0.5, 0.6) is 0 Å². The Balaban J connectivity index is 1.68. The van der Waals surface area contributed by atoms with Gasteiger partial charge in [-0.3, -0.25) is 9.59 Å². The number of aliphatic hydroxyl groups is 1. The topological polar surface area (TPSA) is 69.6 Å². The van der Waals surface area contributed by atoms with Crippen LogP contribution in [0.25, 0.3) is 0 Å². The maximum Gasteiger partial charge on any atom is 0.227 e. The van der Waals surface area contributed by atoms with Crippen molar-refractivity contribution in [1.82, 2.24) is 10.2 Å². The molecule has 172 valence electrons. The van der Waals surface area contributed by atoms with Crippen LogP contribution in [-0.4, -0.2) is 41.5 Å². The van der Waals surface area contributed by atoms with Crippen molar-refractivity contribution in [2.75, 3.05) is 19.6 Å². The maximum absolute atomic E-state index is 13.4. The van der Waals surface area contributed by atoms with E-state index in [9.17, 15) is 14.7 Å². The van der Waals surface area contributed by atoms with E-state index in [1.54, 1.807) is 12.1 Å². The molecule has 1 saturated carbocycles. The molecule has 1 aliphatic carbocycles. The third kappa shape index (κ3) is 5.09. The molecular weight excluding hydrogens is 412 g/mol. The third-order valence-electron chi connectivity index (χ3n) is 7.43. The zero-order valence-electron chi connectivity index (χ0n) is 19.3. The first-order chi connectivity index (χ1) is 14.5. The van der Waals surface area contributed by atoms with Crippen molar-refractivity contribution in [2.45, 2.75) is 65.4 Å². The monoisotopic (exact) mass is 448 g/mol. The third-order valence-corrected chi connectivity index (χ3v) is 7.68. The molecule has 0 spiro atoms. The van der Waals surface area contributed by atoms with Gasteiger partial charge in [-0.2, -0.15) is 0 Å². The highest BCUT2D eigenvalue weighted by atomic mass is 35.5. The maximum atomic E-state index is 13.4. The van der Waals surface area contributed by atoms with E-state index in [4.69, 9.17) is 11.6 Å². The predicted octanol–water partition coefficient (Wildman–Crippen LogP) is 4.36. The fourth-order valence-electron chi connectivity index (χ4n) is 5.16. The largest absolute Gasteiger partial charge is 0.384 e. The molecule has 1 aromatic carbocycles. The predicted molar refractivity (Wildman–Crippen MR) is 124 cm³/mol. The summed E-state index contributed by atoms with van der Waals surface area (Å²) in [5.41, 5.74) is -0.722. The lowest BCUT2D eigenvalue weighted by Gasteiger charge is -2.51. The van der Waals surface area contributed by atoms with Gasteiger partial charge in [0.05, 0.1) is 11.5 Å². The first-order valence-electron chi connectivity index (χ1n) is 11.6.